The fourth-order valence-electron chi connectivity index (χ4n) is 2.05. The van der Waals surface area contributed by atoms with Crippen molar-refractivity contribution in [2.45, 2.75) is 26.7 Å². The van der Waals surface area contributed by atoms with Gasteiger partial charge in [-0.3, -0.25) is 9.78 Å². The average molecular weight is 235 g/mol. The Kier molecular flexibility index (Phi) is 3.00. The summed E-state index contributed by atoms with van der Waals surface area (Å²) in [7, 11) is 0. The van der Waals surface area contributed by atoms with E-state index < -0.39 is 11.4 Å². The van der Waals surface area contributed by atoms with E-state index in [9.17, 15) is 4.79 Å². The topological polar surface area (TPSA) is 66.3 Å². The standard InChI is InChI=1S/C12H17N3O2/c1-9-7-13-8-10(14-9)15-5-3-12(2,4-6-15)11(16)17/h7-8H,3-6H2,1-2H3,(H,16,17). The van der Waals surface area contributed by atoms with Crippen molar-refractivity contribution in [2.75, 3.05) is 18.0 Å². The third-order valence-corrected chi connectivity index (χ3v) is 3.45. The normalized spacial score (nSPS) is 19.1. The number of hydrogen-bond donors (Lipinski definition) is 1. The molecule has 5 nitrogen and oxygen atoms in total. The predicted molar refractivity (Wildman–Crippen MR) is 64.0 cm³/mol. The van der Waals surface area contributed by atoms with Crippen LogP contribution in [0.2, 0.25) is 0 Å². The lowest BCUT2D eigenvalue weighted by molar-refractivity contribution is -0.149. The highest BCUT2D eigenvalue weighted by Gasteiger charge is 2.37. The van der Waals surface area contributed by atoms with Crippen molar-refractivity contribution >= 4 is 11.8 Å². The van der Waals surface area contributed by atoms with Crippen LogP contribution in [0.15, 0.2) is 12.4 Å². The summed E-state index contributed by atoms with van der Waals surface area (Å²) in [5, 5.41) is 9.15. The van der Waals surface area contributed by atoms with Crippen LogP contribution in [0.3, 0.4) is 0 Å². The monoisotopic (exact) mass is 235 g/mol. The summed E-state index contributed by atoms with van der Waals surface area (Å²) in [6, 6.07) is 0. The molecule has 1 aliphatic rings. The third-order valence-electron chi connectivity index (χ3n) is 3.45. The van der Waals surface area contributed by atoms with Crippen LogP contribution in [-0.2, 0) is 4.79 Å². The summed E-state index contributed by atoms with van der Waals surface area (Å²) in [4.78, 5) is 21.7. The largest absolute Gasteiger partial charge is 0.481 e. The molecule has 1 aromatic heterocycles. The summed E-state index contributed by atoms with van der Waals surface area (Å²) in [5.41, 5.74) is 0.294. The molecule has 1 saturated heterocycles. The van der Waals surface area contributed by atoms with E-state index in [0.717, 1.165) is 24.6 Å². The second-order valence-corrected chi connectivity index (χ2v) is 4.87. The molecule has 17 heavy (non-hydrogen) atoms. The Bertz CT molecular complexity index is 426. The zero-order valence-electron chi connectivity index (χ0n) is 10.2. The van der Waals surface area contributed by atoms with Crippen molar-refractivity contribution < 1.29 is 9.90 Å². The van der Waals surface area contributed by atoms with Gasteiger partial charge in [-0.2, -0.15) is 0 Å². The summed E-state index contributed by atoms with van der Waals surface area (Å²) < 4.78 is 0. The van der Waals surface area contributed by atoms with Crippen LogP contribution in [-0.4, -0.2) is 34.1 Å². The maximum atomic E-state index is 11.1. The van der Waals surface area contributed by atoms with Gasteiger partial charge in [0.05, 0.1) is 17.3 Å². The summed E-state index contributed by atoms with van der Waals surface area (Å²) in [6.07, 6.45) is 4.75. The first kappa shape index (κ1) is 11.8. The Morgan fingerprint density at radius 3 is 2.59 bits per heavy atom. The fourth-order valence-corrected chi connectivity index (χ4v) is 2.05. The number of aryl methyl sites for hydroxylation is 1. The number of aromatic nitrogens is 2. The minimum absolute atomic E-state index is 0.590. The Labute approximate surface area is 100 Å². The molecule has 0 unspecified atom stereocenters. The van der Waals surface area contributed by atoms with Crippen LogP contribution in [0.25, 0.3) is 0 Å². The van der Waals surface area contributed by atoms with E-state index in [1.54, 1.807) is 12.4 Å². The Morgan fingerprint density at radius 1 is 1.41 bits per heavy atom. The van der Waals surface area contributed by atoms with Gasteiger partial charge in [0.2, 0.25) is 0 Å². The number of hydrogen-bond acceptors (Lipinski definition) is 4. The van der Waals surface area contributed by atoms with Gasteiger partial charge in [0.15, 0.2) is 0 Å². The minimum Gasteiger partial charge on any atom is -0.481 e. The first-order valence-corrected chi connectivity index (χ1v) is 5.78. The van der Waals surface area contributed by atoms with Gasteiger partial charge >= 0.3 is 5.97 Å². The van der Waals surface area contributed by atoms with Gasteiger partial charge in [0.1, 0.15) is 5.82 Å². The number of aliphatic carboxylic acids is 1. The van der Waals surface area contributed by atoms with E-state index in [4.69, 9.17) is 5.11 Å². The van der Waals surface area contributed by atoms with Crippen molar-refractivity contribution in [3.63, 3.8) is 0 Å². The number of carboxylic acids is 1. The van der Waals surface area contributed by atoms with Crippen LogP contribution < -0.4 is 4.90 Å². The van der Waals surface area contributed by atoms with E-state index in [1.807, 2.05) is 13.8 Å². The van der Waals surface area contributed by atoms with Gasteiger partial charge in [0.25, 0.3) is 0 Å². The molecule has 0 atom stereocenters. The maximum absolute atomic E-state index is 11.1. The Hall–Kier alpha value is -1.65. The van der Waals surface area contributed by atoms with Crippen molar-refractivity contribution in [3.05, 3.63) is 18.1 Å². The first-order valence-electron chi connectivity index (χ1n) is 5.78. The fraction of sp³-hybridized carbons (Fsp3) is 0.583. The molecule has 0 amide bonds. The van der Waals surface area contributed by atoms with Crippen LogP contribution in [0.5, 0.6) is 0 Å². The molecule has 1 aliphatic heterocycles. The van der Waals surface area contributed by atoms with Crippen molar-refractivity contribution in [1.82, 2.24) is 9.97 Å². The second kappa shape index (κ2) is 4.31. The molecule has 0 aromatic carbocycles. The number of carboxylic acid groups (broad SMARTS) is 1. The summed E-state index contributed by atoms with van der Waals surface area (Å²) in [5.74, 6) is 0.143. The van der Waals surface area contributed by atoms with Crippen LogP contribution in [0.4, 0.5) is 5.82 Å². The van der Waals surface area contributed by atoms with E-state index in [-0.39, 0.29) is 0 Å². The van der Waals surface area contributed by atoms with Crippen LogP contribution in [0.1, 0.15) is 25.5 Å². The smallest absolute Gasteiger partial charge is 0.309 e. The van der Waals surface area contributed by atoms with Gasteiger partial charge in [0, 0.05) is 19.3 Å². The van der Waals surface area contributed by atoms with Gasteiger partial charge in [-0.15, -0.1) is 0 Å². The molecule has 0 aliphatic carbocycles. The van der Waals surface area contributed by atoms with Crippen LogP contribution in [0, 0.1) is 12.3 Å². The van der Waals surface area contributed by atoms with Gasteiger partial charge in [-0.25, -0.2) is 4.98 Å². The number of rotatable bonds is 2. The van der Waals surface area contributed by atoms with E-state index >= 15 is 0 Å². The molecular formula is C12H17N3O2. The Morgan fingerprint density at radius 2 is 2.06 bits per heavy atom. The number of piperidine rings is 1. The molecule has 0 spiro atoms. The number of anilines is 1. The van der Waals surface area contributed by atoms with Gasteiger partial charge in [-0.05, 0) is 26.7 Å². The zero-order valence-corrected chi connectivity index (χ0v) is 10.2. The van der Waals surface area contributed by atoms with Crippen molar-refractivity contribution in [3.8, 4) is 0 Å². The van der Waals surface area contributed by atoms with Gasteiger partial charge in [-0.1, -0.05) is 0 Å². The molecule has 0 radical (unpaired) electrons. The highest BCUT2D eigenvalue weighted by molar-refractivity contribution is 5.74. The molecule has 0 saturated carbocycles. The average Bonchev–Trinajstić information content (AvgIpc) is 2.30. The number of nitrogens with zero attached hydrogens (tertiary/aromatic N) is 3. The molecule has 1 N–H and O–H groups in total. The molecular weight excluding hydrogens is 218 g/mol. The van der Waals surface area contributed by atoms with E-state index in [2.05, 4.69) is 14.9 Å². The lowest BCUT2D eigenvalue weighted by atomic mass is 9.80. The summed E-state index contributed by atoms with van der Waals surface area (Å²) in [6.45, 7) is 5.16. The lowest BCUT2D eigenvalue weighted by Gasteiger charge is -2.36. The zero-order chi connectivity index (χ0) is 12.5. The van der Waals surface area contributed by atoms with Crippen molar-refractivity contribution in [2.24, 2.45) is 5.41 Å². The second-order valence-electron chi connectivity index (χ2n) is 4.87. The third kappa shape index (κ3) is 2.38. The molecule has 2 heterocycles. The quantitative estimate of drug-likeness (QED) is 0.841. The van der Waals surface area contributed by atoms with Crippen molar-refractivity contribution in [1.29, 1.82) is 0 Å². The molecule has 5 heteroatoms. The minimum atomic E-state index is -0.701. The highest BCUT2D eigenvalue weighted by Crippen LogP contribution is 2.32. The van der Waals surface area contributed by atoms with E-state index in [0.29, 0.717) is 12.8 Å². The highest BCUT2D eigenvalue weighted by atomic mass is 16.4. The first-order chi connectivity index (χ1) is 8.01. The molecule has 1 fully saturated rings. The lowest BCUT2D eigenvalue weighted by Crippen LogP contribution is -2.43. The Balaban J connectivity index is 2.07. The molecule has 1 aromatic rings. The SMILES string of the molecule is Cc1cncc(N2CCC(C)(C(=O)O)CC2)n1. The van der Waals surface area contributed by atoms with E-state index in [1.165, 1.54) is 0 Å². The maximum Gasteiger partial charge on any atom is 0.309 e. The molecule has 2 rings (SSSR count). The van der Waals surface area contributed by atoms with Gasteiger partial charge < -0.3 is 10.0 Å². The predicted octanol–water partition coefficient (Wildman–Crippen LogP) is 1.48. The summed E-state index contributed by atoms with van der Waals surface area (Å²) >= 11 is 0. The number of carbonyl (C=O) groups is 1. The molecule has 0 bridgehead atoms. The van der Waals surface area contributed by atoms with Crippen LogP contribution >= 0.6 is 0 Å². The molecule has 92 valence electrons.